The number of ether oxygens (including phenoxy) is 1. The molecule has 2 aliphatic heterocycles. The molecule has 2 aliphatic rings. The maximum absolute atomic E-state index is 12.3. The first kappa shape index (κ1) is 18.2. The van der Waals surface area contributed by atoms with Crippen molar-refractivity contribution >= 4 is 5.91 Å². The molecule has 2 heterocycles. The number of nitrogens with zero attached hydrogens (tertiary/aromatic N) is 2. The molecular weight excluding hydrogens is 314 g/mol. The molecule has 0 radical (unpaired) electrons. The largest absolute Gasteiger partial charge is 0.494 e. The van der Waals surface area contributed by atoms with Crippen LogP contribution in [0.5, 0.6) is 5.75 Å². The van der Waals surface area contributed by atoms with Gasteiger partial charge in [0.05, 0.1) is 6.61 Å². The van der Waals surface area contributed by atoms with Crippen molar-refractivity contribution in [1.82, 2.24) is 15.1 Å². The third-order valence-corrected chi connectivity index (χ3v) is 5.45. The van der Waals surface area contributed by atoms with Gasteiger partial charge in [0, 0.05) is 45.2 Å². The quantitative estimate of drug-likeness (QED) is 0.822. The Hall–Kier alpha value is -1.59. The Labute approximate surface area is 151 Å². The number of hydrogen-bond acceptors (Lipinski definition) is 4. The van der Waals surface area contributed by atoms with E-state index in [2.05, 4.69) is 33.3 Å². The maximum atomic E-state index is 12.3. The maximum Gasteiger partial charge on any atom is 0.222 e. The van der Waals surface area contributed by atoms with E-state index in [9.17, 15) is 4.79 Å². The average molecular weight is 345 g/mol. The van der Waals surface area contributed by atoms with E-state index < -0.39 is 0 Å². The van der Waals surface area contributed by atoms with Crippen molar-refractivity contribution in [2.45, 2.75) is 38.8 Å². The first-order valence-electron chi connectivity index (χ1n) is 9.59. The molecule has 1 amide bonds. The van der Waals surface area contributed by atoms with Gasteiger partial charge in [-0.05, 0) is 50.4 Å². The van der Waals surface area contributed by atoms with Crippen LogP contribution in [-0.4, -0.2) is 61.6 Å². The van der Waals surface area contributed by atoms with Crippen LogP contribution < -0.4 is 10.1 Å². The topological polar surface area (TPSA) is 44.8 Å². The van der Waals surface area contributed by atoms with Crippen LogP contribution in [0.1, 0.15) is 31.7 Å². The third kappa shape index (κ3) is 4.53. The molecule has 2 fully saturated rings. The summed E-state index contributed by atoms with van der Waals surface area (Å²) in [6, 6.07) is 8.86. The summed E-state index contributed by atoms with van der Waals surface area (Å²) >= 11 is 0. The Bertz CT molecular complexity index is 578. The second-order valence-electron chi connectivity index (χ2n) is 7.16. The van der Waals surface area contributed by atoms with E-state index in [4.69, 9.17) is 4.74 Å². The standard InChI is InChI=1S/C20H31N3O2/c1-3-25-18-6-4-5-16(13-18)14-22-11-9-19-17(15-22)7-8-20(24)23(19)12-10-21-2/h4-6,13,17,19,21H,3,7-12,14-15H2,1-2H3/t17-,19+/m0/s1. The third-order valence-electron chi connectivity index (χ3n) is 5.45. The molecule has 1 N–H and O–H groups in total. The van der Waals surface area contributed by atoms with Crippen LogP contribution >= 0.6 is 0 Å². The number of benzene rings is 1. The smallest absolute Gasteiger partial charge is 0.222 e. The minimum atomic E-state index is 0.342. The number of piperidine rings is 2. The zero-order valence-electron chi connectivity index (χ0n) is 15.5. The van der Waals surface area contributed by atoms with Crippen LogP contribution in [0.25, 0.3) is 0 Å². The molecule has 1 aromatic rings. The summed E-state index contributed by atoms with van der Waals surface area (Å²) in [6.45, 7) is 7.55. The molecule has 3 rings (SSSR count). The van der Waals surface area contributed by atoms with Crippen molar-refractivity contribution in [1.29, 1.82) is 0 Å². The van der Waals surface area contributed by atoms with Gasteiger partial charge in [-0.25, -0.2) is 0 Å². The second kappa shape index (κ2) is 8.68. The molecule has 138 valence electrons. The molecule has 5 heteroatoms. The van der Waals surface area contributed by atoms with Crippen LogP contribution in [0, 0.1) is 5.92 Å². The summed E-state index contributed by atoms with van der Waals surface area (Å²) in [4.78, 5) is 17.0. The first-order valence-corrected chi connectivity index (χ1v) is 9.59. The summed E-state index contributed by atoms with van der Waals surface area (Å²) in [5, 5.41) is 3.17. The van der Waals surface area contributed by atoms with Crippen molar-refractivity contribution in [3.63, 3.8) is 0 Å². The molecule has 0 aromatic heterocycles. The lowest BCUT2D eigenvalue weighted by molar-refractivity contribution is -0.141. The number of carbonyl (C=O) groups excluding carboxylic acids is 1. The SMILES string of the molecule is CCOc1cccc(CN2CC[C@@H]3[C@@H](CCC(=O)N3CCNC)C2)c1. The highest BCUT2D eigenvalue weighted by molar-refractivity contribution is 5.77. The van der Waals surface area contributed by atoms with Gasteiger partial charge in [0.2, 0.25) is 5.91 Å². The van der Waals surface area contributed by atoms with Crippen molar-refractivity contribution in [3.8, 4) is 5.75 Å². The average Bonchev–Trinajstić information content (AvgIpc) is 2.62. The normalized spacial score (nSPS) is 24.2. The van der Waals surface area contributed by atoms with E-state index >= 15 is 0 Å². The van der Waals surface area contributed by atoms with Gasteiger partial charge in [-0.1, -0.05) is 12.1 Å². The molecule has 1 aromatic carbocycles. The Morgan fingerprint density at radius 3 is 3.00 bits per heavy atom. The fourth-order valence-electron chi connectivity index (χ4n) is 4.25. The molecule has 0 spiro atoms. The lowest BCUT2D eigenvalue weighted by atomic mass is 9.83. The number of nitrogens with one attached hydrogen (secondary N) is 1. The van der Waals surface area contributed by atoms with Crippen LogP contribution in [0.3, 0.4) is 0 Å². The Morgan fingerprint density at radius 1 is 1.32 bits per heavy atom. The van der Waals surface area contributed by atoms with Gasteiger partial charge in [-0.2, -0.15) is 0 Å². The van der Waals surface area contributed by atoms with E-state index in [0.29, 0.717) is 30.9 Å². The lowest BCUT2D eigenvalue weighted by Gasteiger charge is -2.47. The zero-order chi connectivity index (χ0) is 17.6. The Morgan fingerprint density at radius 2 is 2.20 bits per heavy atom. The summed E-state index contributed by atoms with van der Waals surface area (Å²) in [5.41, 5.74) is 1.31. The molecule has 25 heavy (non-hydrogen) atoms. The highest BCUT2D eigenvalue weighted by atomic mass is 16.5. The summed E-state index contributed by atoms with van der Waals surface area (Å²) in [5.74, 6) is 1.91. The van der Waals surface area contributed by atoms with E-state index in [0.717, 1.165) is 51.3 Å². The van der Waals surface area contributed by atoms with Crippen LogP contribution in [0.15, 0.2) is 24.3 Å². The fraction of sp³-hybridized carbons (Fsp3) is 0.650. The molecule has 0 unspecified atom stereocenters. The predicted octanol–water partition coefficient (Wildman–Crippen LogP) is 2.12. The molecule has 0 aliphatic carbocycles. The van der Waals surface area contributed by atoms with Gasteiger partial charge in [0.1, 0.15) is 5.75 Å². The van der Waals surface area contributed by atoms with Crippen LogP contribution in [0.2, 0.25) is 0 Å². The van der Waals surface area contributed by atoms with Gasteiger partial charge >= 0.3 is 0 Å². The van der Waals surface area contributed by atoms with E-state index in [1.807, 2.05) is 20.0 Å². The monoisotopic (exact) mass is 345 g/mol. The molecule has 0 saturated carbocycles. The summed E-state index contributed by atoms with van der Waals surface area (Å²) in [7, 11) is 1.95. The minimum Gasteiger partial charge on any atom is -0.494 e. The second-order valence-corrected chi connectivity index (χ2v) is 7.16. The highest BCUT2D eigenvalue weighted by Crippen LogP contribution is 2.31. The van der Waals surface area contributed by atoms with Crippen LogP contribution in [-0.2, 0) is 11.3 Å². The predicted molar refractivity (Wildman–Crippen MR) is 99.7 cm³/mol. The number of fused-ring (bicyclic) bond motifs is 1. The van der Waals surface area contributed by atoms with Gasteiger partial charge < -0.3 is 15.0 Å². The lowest BCUT2D eigenvalue weighted by Crippen LogP contribution is -2.56. The van der Waals surface area contributed by atoms with Crippen LogP contribution in [0.4, 0.5) is 0 Å². The van der Waals surface area contributed by atoms with Crippen molar-refractivity contribution in [3.05, 3.63) is 29.8 Å². The summed E-state index contributed by atoms with van der Waals surface area (Å²) in [6.07, 6.45) is 2.83. The zero-order valence-corrected chi connectivity index (χ0v) is 15.5. The molecular formula is C20H31N3O2. The van der Waals surface area contributed by atoms with Crippen molar-refractivity contribution < 1.29 is 9.53 Å². The van der Waals surface area contributed by atoms with Gasteiger partial charge in [0.25, 0.3) is 0 Å². The molecule has 0 bridgehead atoms. The molecule has 2 atom stereocenters. The number of rotatable bonds is 7. The van der Waals surface area contributed by atoms with E-state index in [1.165, 1.54) is 5.56 Å². The fourth-order valence-corrected chi connectivity index (χ4v) is 4.25. The first-order chi connectivity index (χ1) is 12.2. The highest BCUT2D eigenvalue weighted by Gasteiger charge is 2.38. The Balaban J connectivity index is 1.59. The van der Waals surface area contributed by atoms with E-state index in [-0.39, 0.29) is 0 Å². The number of likely N-dealkylation sites (tertiary alicyclic amines) is 2. The number of carbonyl (C=O) groups is 1. The van der Waals surface area contributed by atoms with Gasteiger partial charge in [-0.3, -0.25) is 9.69 Å². The molecule has 2 saturated heterocycles. The molecule has 5 nitrogen and oxygen atoms in total. The van der Waals surface area contributed by atoms with Crippen molar-refractivity contribution in [2.24, 2.45) is 5.92 Å². The number of amides is 1. The summed E-state index contributed by atoms with van der Waals surface area (Å²) < 4.78 is 5.62. The van der Waals surface area contributed by atoms with E-state index in [1.54, 1.807) is 0 Å². The van der Waals surface area contributed by atoms with Crippen molar-refractivity contribution in [2.75, 3.05) is 39.8 Å². The Kier molecular flexibility index (Phi) is 6.32. The number of hydrogen-bond donors (Lipinski definition) is 1. The number of likely N-dealkylation sites (N-methyl/N-ethyl adjacent to an activating group) is 1. The minimum absolute atomic E-state index is 0.342. The van der Waals surface area contributed by atoms with Gasteiger partial charge in [0.15, 0.2) is 0 Å². The van der Waals surface area contributed by atoms with Gasteiger partial charge in [-0.15, -0.1) is 0 Å².